The predicted octanol–water partition coefficient (Wildman–Crippen LogP) is 4.60. The van der Waals surface area contributed by atoms with Gasteiger partial charge in [-0.1, -0.05) is 49.7 Å². The number of carbonyl (C=O) groups excluding carboxylic acids is 2. The molecule has 0 aliphatic rings. The molecule has 0 spiro atoms. The number of hydrogen-bond acceptors (Lipinski definition) is 3. The molecule has 2 aromatic rings. The molecule has 2 aromatic carbocycles. The zero-order chi connectivity index (χ0) is 18.9. The lowest BCUT2D eigenvalue weighted by Crippen LogP contribution is -2.28. The molecule has 0 aliphatic carbocycles. The van der Waals surface area contributed by atoms with Gasteiger partial charge in [0.25, 0.3) is 5.91 Å². The molecule has 0 unspecified atom stereocenters. The van der Waals surface area contributed by atoms with Crippen LogP contribution >= 0.6 is 23.4 Å². The van der Waals surface area contributed by atoms with Crippen molar-refractivity contribution in [3.8, 4) is 0 Å². The highest BCUT2D eigenvalue weighted by molar-refractivity contribution is 7.99. The van der Waals surface area contributed by atoms with Gasteiger partial charge in [-0.05, 0) is 35.7 Å². The molecule has 2 N–H and O–H groups in total. The lowest BCUT2D eigenvalue weighted by Gasteiger charge is -2.12. The van der Waals surface area contributed by atoms with Crippen molar-refractivity contribution in [3.63, 3.8) is 0 Å². The van der Waals surface area contributed by atoms with Crippen LogP contribution in [-0.2, 0) is 10.5 Å². The second-order valence-corrected chi connectivity index (χ2v) is 7.74. The van der Waals surface area contributed by atoms with Gasteiger partial charge in [0.2, 0.25) is 5.91 Å². The molecule has 138 valence electrons. The molecular formula is C20H23ClN2O2S. The van der Waals surface area contributed by atoms with Crippen LogP contribution in [0.3, 0.4) is 0 Å². The Kier molecular flexibility index (Phi) is 8.01. The maximum atomic E-state index is 12.3. The standard InChI is InChI=1S/C20H23ClN2O2S/c1-14(2)11-22-20(25)17-5-3-4-6-18(17)23-19(24)13-26-12-15-7-9-16(21)10-8-15/h3-10,14H,11-13H2,1-2H3,(H,22,25)(H,23,24). The van der Waals surface area contributed by atoms with Gasteiger partial charge in [0, 0.05) is 17.3 Å². The van der Waals surface area contributed by atoms with E-state index in [1.807, 2.05) is 38.1 Å². The highest BCUT2D eigenvalue weighted by Crippen LogP contribution is 2.18. The van der Waals surface area contributed by atoms with E-state index in [0.29, 0.717) is 34.5 Å². The average Bonchev–Trinajstić information content (AvgIpc) is 2.62. The van der Waals surface area contributed by atoms with Crippen LogP contribution in [0.15, 0.2) is 48.5 Å². The number of anilines is 1. The zero-order valence-corrected chi connectivity index (χ0v) is 16.5. The molecule has 0 fully saturated rings. The summed E-state index contributed by atoms with van der Waals surface area (Å²) in [5.74, 6) is 1.09. The molecule has 0 bridgehead atoms. The number of hydrogen-bond donors (Lipinski definition) is 2. The quantitative estimate of drug-likeness (QED) is 0.692. The minimum absolute atomic E-state index is 0.131. The molecule has 6 heteroatoms. The van der Waals surface area contributed by atoms with E-state index in [1.165, 1.54) is 11.8 Å². The first kappa shape index (κ1) is 20.3. The Morgan fingerprint density at radius 3 is 2.46 bits per heavy atom. The van der Waals surface area contributed by atoms with Crippen molar-refractivity contribution in [2.24, 2.45) is 5.92 Å². The first-order valence-corrected chi connectivity index (χ1v) is 9.98. The topological polar surface area (TPSA) is 58.2 Å². The fourth-order valence-electron chi connectivity index (χ4n) is 2.21. The summed E-state index contributed by atoms with van der Waals surface area (Å²) in [5.41, 5.74) is 2.12. The van der Waals surface area contributed by atoms with Crippen molar-refractivity contribution in [3.05, 3.63) is 64.7 Å². The number of halogens is 1. The monoisotopic (exact) mass is 390 g/mol. The third-order valence-electron chi connectivity index (χ3n) is 3.53. The van der Waals surface area contributed by atoms with Crippen LogP contribution in [0.25, 0.3) is 0 Å². The molecule has 0 saturated heterocycles. The Labute approximate surface area is 163 Å². The minimum Gasteiger partial charge on any atom is -0.352 e. The molecule has 0 aliphatic heterocycles. The SMILES string of the molecule is CC(C)CNC(=O)c1ccccc1NC(=O)CSCc1ccc(Cl)cc1. The molecule has 2 rings (SSSR count). The smallest absolute Gasteiger partial charge is 0.253 e. The molecule has 0 heterocycles. The summed E-state index contributed by atoms with van der Waals surface area (Å²) >= 11 is 7.38. The number of rotatable bonds is 8. The van der Waals surface area contributed by atoms with Crippen LogP contribution in [0, 0.1) is 5.92 Å². The zero-order valence-electron chi connectivity index (χ0n) is 14.9. The van der Waals surface area contributed by atoms with Crippen LogP contribution in [-0.4, -0.2) is 24.1 Å². The Morgan fingerprint density at radius 1 is 1.08 bits per heavy atom. The Balaban J connectivity index is 1.88. The number of amides is 2. The molecule has 0 radical (unpaired) electrons. The summed E-state index contributed by atoms with van der Waals surface area (Å²) < 4.78 is 0. The lowest BCUT2D eigenvalue weighted by atomic mass is 10.1. The van der Waals surface area contributed by atoms with Gasteiger partial charge in [-0.15, -0.1) is 11.8 Å². The van der Waals surface area contributed by atoms with Crippen LogP contribution < -0.4 is 10.6 Å². The van der Waals surface area contributed by atoms with Crippen LogP contribution in [0.5, 0.6) is 0 Å². The number of para-hydroxylation sites is 1. The van der Waals surface area contributed by atoms with Crippen LogP contribution in [0.1, 0.15) is 29.8 Å². The van der Waals surface area contributed by atoms with Gasteiger partial charge in [0.1, 0.15) is 0 Å². The van der Waals surface area contributed by atoms with E-state index >= 15 is 0 Å². The molecule has 0 atom stereocenters. The summed E-state index contributed by atoms with van der Waals surface area (Å²) in [4.78, 5) is 24.5. The van der Waals surface area contributed by atoms with Gasteiger partial charge >= 0.3 is 0 Å². The van der Waals surface area contributed by atoms with Gasteiger partial charge in [0.15, 0.2) is 0 Å². The van der Waals surface area contributed by atoms with Gasteiger partial charge in [0.05, 0.1) is 17.0 Å². The summed E-state index contributed by atoms with van der Waals surface area (Å²) in [6.07, 6.45) is 0. The summed E-state index contributed by atoms with van der Waals surface area (Å²) in [6.45, 7) is 4.66. The average molecular weight is 391 g/mol. The fourth-order valence-corrected chi connectivity index (χ4v) is 3.12. The van der Waals surface area contributed by atoms with Gasteiger partial charge in [-0.25, -0.2) is 0 Å². The first-order chi connectivity index (χ1) is 12.5. The van der Waals surface area contributed by atoms with Gasteiger partial charge in [-0.2, -0.15) is 0 Å². The number of carbonyl (C=O) groups is 2. The second-order valence-electron chi connectivity index (χ2n) is 6.32. The molecule has 0 saturated carbocycles. The van der Waals surface area contributed by atoms with Crippen LogP contribution in [0.4, 0.5) is 5.69 Å². The predicted molar refractivity (Wildman–Crippen MR) is 110 cm³/mol. The van der Waals surface area contributed by atoms with Crippen molar-refractivity contribution in [2.45, 2.75) is 19.6 Å². The largest absolute Gasteiger partial charge is 0.352 e. The van der Waals surface area contributed by atoms with E-state index in [2.05, 4.69) is 10.6 Å². The molecular weight excluding hydrogens is 368 g/mol. The van der Waals surface area contributed by atoms with Crippen LogP contribution in [0.2, 0.25) is 5.02 Å². The molecule has 26 heavy (non-hydrogen) atoms. The number of benzene rings is 2. The van der Waals surface area contributed by atoms with E-state index in [-0.39, 0.29) is 11.8 Å². The lowest BCUT2D eigenvalue weighted by molar-refractivity contribution is -0.113. The third-order valence-corrected chi connectivity index (χ3v) is 4.79. The van der Waals surface area contributed by atoms with Crippen molar-refractivity contribution in [1.82, 2.24) is 5.32 Å². The Bertz CT molecular complexity index is 748. The maximum absolute atomic E-state index is 12.3. The van der Waals surface area contributed by atoms with Crippen molar-refractivity contribution in [1.29, 1.82) is 0 Å². The summed E-state index contributed by atoms with van der Waals surface area (Å²) in [7, 11) is 0. The normalized spacial score (nSPS) is 10.6. The second kappa shape index (κ2) is 10.2. The van der Waals surface area contributed by atoms with Crippen molar-refractivity contribution < 1.29 is 9.59 Å². The van der Waals surface area contributed by atoms with Gasteiger partial charge < -0.3 is 10.6 Å². The van der Waals surface area contributed by atoms with Gasteiger partial charge in [-0.3, -0.25) is 9.59 Å². The molecule has 2 amide bonds. The fraction of sp³-hybridized carbons (Fsp3) is 0.300. The Hall–Kier alpha value is -1.98. The molecule has 0 aromatic heterocycles. The van der Waals surface area contributed by atoms with E-state index in [4.69, 9.17) is 11.6 Å². The molecule has 4 nitrogen and oxygen atoms in total. The Morgan fingerprint density at radius 2 is 1.77 bits per heavy atom. The van der Waals surface area contributed by atoms with Crippen molar-refractivity contribution in [2.75, 3.05) is 17.6 Å². The number of thioether (sulfide) groups is 1. The summed E-state index contributed by atoms with van der Waals surface area (Å²) in [5, 5.41) is 6.41. The summed E-state index contributed by atoms with van der Waals surface area (Å²) in [6, 6.07) is 14.6. The van der Waals surface area contributed by atoms with E-state index < -0.39 is 0 Å². The maximum Gasteiger partial charge on any atom is 0.253 e. The highest BCUT2D eigenvalue weighted by atomic mass is 35.5. The van der Waals surface area contributed by atoms with Crippen molar-refractivity contribution >= 4 is 40.9 Å². The van der Waals surface area contributed by atoms with E-state index in [1.54, 1.807) is 24.3 Å². The third kappa shape index (κ3) is 6.73. The number of nitrogens with one attached hydrogen (secondary N) is 2. The minimum atomic E-state index is -0.177. The highest BCUT2D eigenvalue weighted by Gasteiger charge is 2.13. The van der Waals surface area contributed by atoms with E-state index in [9.17, 15) is 9.59 Å². The first-order valence-electron chi connectivity index (χ1n) is 8.45. The van der Waals surface area contributed by atoms with E-state index in [0.717, 1.165) is 11.3 Å².